The molecular weight excluding hydrogens is 367 g/mol. The van der Waals surface area contributed by atoms with E-state index in [9.17, 15) is 4.39 Å². The highest BCUT2D eigenvalue weighted by Gasteiger charge is 2.23. The predicted molar refractivity (Wildman–Crippen MR) is 109 cm³/mol. The fourth-order valence-corrected chi connectivity index (χ4v) is 3.81. The van der Waals surface area contributed by atoms with Gasteiger partial charge in [0.15, 0.2) is 11.6 Å². The number of ether oxygens (including phenoxy) is 1. The minimum atomic E-state index is -0.353. The average Bonchev–Trinajstić information content (AvgIpc) is 3.42. The Morgan fingerprint density at radius 1 is 1.14 bits per heavy atom. The maximum atomic E-state index is 13.7. The molecule has 3 heterocycles. The number of nitrogens with zero attached hydrogens (tertiary/aromatic N) is 3. The highest BCUT2D eigenvalue weighted by molar-refractivity contribution is 5.77. The number of aromatic nitrogens is 3. The van der Waals surface area contributed by atoms with E-state index in [-0.39, 0.29) is 17.6 Å². The summed E-state index contributed by atoms with van der Waals surface area (Å²) in [7, 11) is 0. The van der Waals surface area contributed by atoms with Gasteiger partial charge in [-0.1, -0.05) is 36.4 Å². The van der Waals surface area contributed by atoms with E-state index >= 15 is 0 Å². The van der Waals surface area contributed by atoms with Crippen molar-refractivity contribution < 1.29 is 9.13 Å². The Balaban J connectivity index is 1.41. The zero-order valence-electron chi connectivity index (χ0n) is 15.9. The fourth-order valence-electron chi connectivity index (χ4n) is 3.81. The van der Waals surface area contributed by atoms with Crippen LogP contribution in [0.2, 0.25) is 0 Å². The van der Waals surface area contributed by atoms with Gasteiger partial charge in [0.2, 0.25) is 0 Å². The summed E-state index contributed by atoms with van der Waals surface area (Å²) in [6.45, 7) is 1.33. The van der Waals surface area contributed by atoms with Gasteiger partial charge in [0.25, 0.3) is 0 Å². The third-order valence-corrected chi connectivity index (χ3v) is 5.30. The van der Waals surface area contributed by atoms with E-state index in [0.717, 1.165) is 47.5 Å². The summed E-state index contributed by atoms with van der Waals surface area (Å²) >= 11 is 0. The van der Waals surface area contributed by atoms with Crippen molar-refractivity contribution in [3.63, 3.8) is 0 Å². The summed E-state index contributed by atoms with van der Waals surface area (Å²) in [5.41, 5.74) is 3.90. The van der Waals surface area contributed by atoms with Crippen LogP contribution >= 0.6 is 0 Å². The molecule has 0 saturated carbocycles. The van der Waals surface area contributed by atoms with Crippen LogP contribution in [0.3, 0.4) is 0 Å². The lowest BCUT2D eigenvalue weighted by Gasteiger charge is -2.08. The van der Waals surface area contributed by atoms with Crippen molar-refractivity contribution in [3.05, 3.63) is 84.3 Å². The molecule has 0 radical (unpaired) electrons. The quantitative estimate of drug-likeness (QED) is 0.545. The molecule has 0 bridgehead atoms. The van der Waals surface area contributed by atoms with Crippen LogP contribution in [0.1, 0.15) is 30.3 Å². The van der Waals surface area contributed by atoms with Crippen molar-refractivity contribution in [1.29, 1.82) is 0 Å². The highest BCUT2D eigenvalue weighted by atomic mass is 19.1. The van der Waals surface area contributed by atoms with Crippen LogP contribution in [-0.2, 0) is 6.61 Å². The molecule has 1 N–H and O–H groups in total. The van der Waals surface area contributed by atoms with Crippen LogP contribution in [0.25, 0.3) is 16.8 Å². The topological polar surface area (TPSA) is 51.5 Å². The van der Waals surface area contributed by atoms with E-state index in [1.165, 1.54) is 6.07 Å². The van der Waals surface area contributed by atoms with Crippen LogP contribution in [0.15, 0.2) is 67.1 Å². The first-order chi connectivity index (χ1) is 14.3. The van der Waals surface area contributed by atoms with Crippen molar-refractivity contribution in [3.8, 4) is 17.0 Å². The normalized spacial score (nSPS) is 16.4. The van der Waals surface area contributed by atoms with Crippen LogP contribution < -0.4 is 10.1 Å². The summed E-state index contributed by atoms with van der Waals surface area (Å²) in [5, 5.41) is 3.52. The van der Waals surface area contributed by atoms with E-state index in [0.29, 0.717) is 6.61 Å². The lowest BCUT2D eigenvalue weighted by molar-refractivity contribution is 0.290. The molecule has 1 unspecified atom stereocenters. The molecule has 146 valence electrons. The zero-order valence-corrected chi connectivity index (χ0v) is 15.9. The van der Waals surface area contributed by atoms with Crippen molar-refractivity contribution in [1.82, 2.24) is 19.7 Å². The Hall–Kier alpha value is -3.25. The number of halogens is 1. The summed E-state index contributed by atoms with van der Waals surface area (Å²) in [5.74, 6) is 0.937. The predicted octanol–water partition coefficient (Wildman–Crippen LogP) is 4.54. The Morgan fingerprint density at radius 3 is 2.79 bits per heavy atom. The Kier molecular flexibility index (Phi) is 4.69. The summed E-state index contributed by atoms with van der Waals surface area (Å²) in [6.07, 6.45) is 7.87. The number of para-hydroxylation sites is 1. The molecule has 6 heteroatoms. The number of fused-ring (bicyclic) bond motifs is 1. The van der Waals surface area contributed by atoms with Crippen molar-refractivity contribution in [2.24, 2.45) is 0 Å². The van der Waals surface area contributed by atoms with Crippen molar-refractivity contribution in [2.75, 3.05) is 6.54 Å². The SMILES string of the molecule is Fc1ccccc1OCc1ccc(-c2nc(C3CCCN3)n3ccncc23)cc1. The Bertz CT molecular complexity index is 1130. The molecule has 1 atom stereocenters. The van der Waals surface area contributed by atoms with Crippen LogP contribution in [-0.4, -0.2) is 20.9 Å². The average molecular weight is 388 g/mol. The van der Waals surface area contributed by atoms with Gasteiger partial charge in [-0.05, 0) is 37.1 Å². The first-order valence-corrected chi connectivity index (χ1v) is 9.81. The maximum Gasteiger partial charge on any atom is 0.165 e. The second-order valence-corrected chi connectivity index (χ2v) is 7.22. The fraction of sp³-hybridized carbons (Fsp3) is 0.217. The number of rotatable bonds is 5. The molecule has 0 spiro atoms. The van der Waals surface area contributed by atoms with Crippen molar-refractivity contribution in [2.45, 2.75) is 25.5 Å². The van der Waals surface area contributed by atoms with Gasteiger partial charge in [0.05, 0.1) is 23.4 Å². The second kappa shape index (κ2) is 7.64. The summed E-state index contributed by atoms with van der Waals surface area (Å²) in [6, 6.07) is 14.7. The molecular formula is C23H21FN4O. The van der Waals surface area contributed by atoms with E-state index in [4.69, 9.17) is 9.72 Å². The molecule has 1 aliphatic rings. The third kappa shape index (κ3) is 3.47. The van der Waals surface area contributed by atoms with Gasteiger partial charge in [0, 0.05) is 18.0 Å². The maximum absolute atomic E-state index is 13.7. The van der Waals surface area contributed by atoms with Gasteiger partial charge in [-0.15, -0.1) is 0 Å². The van der Waals surface area contributed by atoms with Gasteiger partial charge in [-0.2, -0.15) is 0 Å². The van der Waals surface area contributed by atoms with Gasteiger partial charge < -0.3 is 10.1 Å². The van der Waals surface area contributed by atoms with E-state index < -0.39 is 0 Å². The van der Waals surface area contributed by atoms with Gasteiger partial charge in [-0.3, -0.25) is 9.38 Å². The first-order valence-electron chi connectivity index (χ1n) is 9.81. The van der Waals surface area contributed by atoms with Crippen LogP contribution in [0, 0.1) is 5.82 Å². The van der Waals surface area contributed by atoms with Crippen LogP contribution in [0.4, 0.5) is 4.39 Å². The molecule has 4 aromatic rings. The largest absolute Gasteiger partial charge is 0.486 e. The molecule has 0 amide bonds. The third-order valence-electron chi connectivity index (χ3n) is 5.30. The van der Waals surface area contributed by atoms with Gasteiger partial charge in [0.1, 0.15) is 12.4 Å². The first kappa shape index (κ1) is 17.8. The summed E-state index contributed by atoms with van der Waals surface area (Å²) < 4.78 is 21.4. The molecule has 5 nitrogen and oxygen atoms in total. The monoisotopic (exact) mass is 388 g/mol. The molecule has 1 saturated heterocycles. The van der Waals surface area contributed by atoms with Gasteiger partial charge in [-0.25, -0.2) is 9.37 Å². The molecule has 29 heavy (non-hydrogen) atoms. The number of nitrogens with one attached hydrogen (secondary N) is 1. The smallest absolute Gasteiger partial charge is 0.165 e. The Labute approximate surface area is 168 Å². The summed E-state index contributed by atoms with van der Waals surface area (Å²) in [4.78, 5) is 9.25. The molecule has 2 aromatic carbocycles. The standard InChI is InChI=1S/C23H21FN4O/c24-18-4-1-2-6-21(18)29-15-16-7-9-17(10-8-16)22-20-14-25-12-13-28(20)23(27-22)19-5-3-11-26-19/h1-2,4,6-10,12-14,19,26H,3,5,11,15H2. The Morgan fingerprint density at radius 2 is 2.00 bits per heavy atom. The minimum Gasteiger partial charge on any atom is -0.486 e. The molecule has 5 rings (SSSR count). The molecule has 2 aromatic heterocycles. The van der Waals surface area contributed by atoms with E-state index in [2.05, 4.69) is 14.7 Å². The molecule has 0 aliphatic carbocycles. The molecule has 1 fully saturated rings. The highest BCUT2D eigenvalue weighted by Crippen LogP contribution is 2.30. The molecule has 1 aliphatic heterocycles. The second-order valence-electron chi connectivity index (χ2n) is 7.22. The van der Waals surface area contributed by atoms with Gasteiger partial charge >= 0.3 is 0 Å². The minimum absolute atomic E-state index is 0.261. The van der Waals surface area contributed by atoms with Crippen LogP contribution in [0.5, 0.6) is 5.75 Å². The van der Waals surface area contributed by atoms with E-state index in [1.54, 1.807) is 24.4 Å². The lowest BCUT2D eigenvalue weighted by Crippen LogP contribution is -2.15. The number of imidazole rings is 1. The zero-order chi connectivity index (χ0) is 19.6. The van der Waals surface area contributed by atoms with E-state index in [1.807, 2.05) is 36.7 Å². The lowest BCUT2D eigenvalue weighted by atomic mass is 10.1. The van der Waals surface area contributed by atoms with Crippen molar-refractivity contribution >= 4 is 5.52 Å². The number of hydrogen-bond donors (Lipinski definition) is 1. The number of benzene rings is 2. The number of hydrogen-bond acceptors (Lipinski definition) is 4.